The summed E-state index contributed by atoms with van der Waals surface area (Å²) in [5, 5.41) is 4.59. The van der Waals surface area contributed by atoms with Crippen molar-refractivity contribution < 1.29 is 4.42 Å². The van der Waals surface area contributed by atoms with Gasteiger partial charge in [0.15, 0.2) is 5.69 Å². The maximum atomic E-state index is 7.53. The Balaban J connectivity index is 1.21. The first-order chi connectivity index (χ1) is 21.3. The topological polar surface area (TPSA) is 22.4 Å². The number of para-hydroxylation sites is 3. The molecule has 1 aliphatic rings. The van der Waals surface area contributed by atoms with Gasteiger partial charge in [0.2, 0.25) is 0 Å². The van der Waals surface area contributed by atoms with E-state index in [-0.39, 0.29) is 0 Å². The van der Waals surface area contributed by atoms with Crippen LogP contribution in [0.1, 0.15) is 11.1 Å². The molecule has 43 heavy (non-hydrogen) atoms. The Hall–Kier alpha value is -5.24. The number of hydrogen-bond acceptors (Lipinski definition) is 2. The molecule has 0 saturated heterocycles. The molecule has 0 unspecified atom stereocenters. The quantitative estimate of drug-likeness (QED) is 0.194. The molecule has 0 aliphatic carbocycles. The summed E-state index contributed by atoms with van der Waals surface area (Å²) in [6.07, 6.45) is 0. The van der Waals surface area contributed by atoms with Gasteiger partial charge in [-0.2, -0.15) is 11.8 Å². The lowest BCUT2D eigenvalue weighted by Crippen LogP contribution is -1.97. The first-order valence-electron chi connectivity index (χ1n) is 14.4. The van der Waals surface area contributed by atoms with Gasteiger partial charge in [-0.15, -0.1) is 0 Å². The average Bonchev–Trinajstić information content (AvgIpc) is 3.54. The summed E-state index contributed by atoms with van der Waals surface area (Å²) in [4.78, 5) is 3.69. The second-order valence-electron chi connectivity index (χ2n) is 11.2. The molecule has 8 aromatic rings. The fraction of sp³-hybridized carbons (Fsp3) is 0.0513. The summed E-state index contributed by atoms with van der Waals surface area (Å²) in [6.45, 7) is 7.53. The number of benzene rings is 6. The predicted octanol–water partition coefficient (Wildman–Crippen LogP) is 11.3. The average molecular weight is 569 g/mol. The molecule has 3 nitrogen and oxygen atoms in total. The molecule has 4 heteroatoms. The van der Waals surface area contributed by atoms with Crippen molar-refractivity contribution in [3.05, 3.63) is 144 Å². The number of aromatic nitrogens is 1. The van der Waals surface area contributed by atoms with Crippen molar-refractivity contribution in [3.63, 3.8) is 0 Å². The largest absolute Gasteiger partial charge is 0.455 e. The molecule has 0 N–H and O–H groups in total. The zero-order valence-corrected chi connectivity index (χ0v) is 24.0. The van der Waals surface area contributed by atoms with Gasteiger partial charge >= 0.3 is 0 Å². The van der Waals surface area contributed by atoms with Crippen LogP contribution in [0.2, 0.25) is 0 Å². The van der Waals surface area contributed by atoms with Gasteiger partial charge in [-0.3, -0.25) is 0 Å². The van der Waals surface area contributed by atoms with E-state index in [0.717, 1.165) is 61.1 Å². The van der Waals surface area contributed by atoms with Crippen molar-refractivity contribution in [2.24, 2.45) is 0 Å². The van der Waals surface area contributed by atoms with Crippen LogP contribution in [-0.2, 0) is 11.5 Å². The van der Waals surface area contributed by atoms with E-state index < -0.39 is 0 Å². The molecule has 2 aromatic heterocycles. The van der Waals surface area contributed by atoms with Gasteiger partial charge in [0.1, 0.15) is 11.2 Å². The molecule has 0 radical (unpaired) electrons. The number of rotatable bonds is 2. The molecule has 0 atom stereocenters. The summed E-state index contributed by atoms with van der Waals surface area (Å²) in [5.41, 5.74) is 13.5. The summed E-state index contributed by atoms with van der Waals surface area (Å²) in [6, 6.07) is 43.1. The van der Waals surface area contributed by atoms with Crippen molar-refractivity contribution in [1.29, 1.82) is 0 Å². The summed E-state index contributed by atoms with van der Waals surface area (Å²) in [5.74, 6) is 1.93. The Labute approximate surface area is 252 Å². The Morgan fingerprint density at radius 3 is 2.35 bits per heavy atom. The van der Waals surface area contributed by atoms with Crippen molar-refractivity contribution in [2.45, 2.75) is 11.5 Å². The minimum Gasteiger partial charge on any atom is -0.455 e. The Morgan fingerprint density at radius 1 is 0.605 bits per heavy atom. The highest BCUT2D eigenvalue weighted by Gasteiger charge is 2.20. The van der Waals surface area contributed by atoms with Crippen molar-refractivity contribution in [2.75, 3.05) is 0 Å². The van der Waals surface area contributed by atoms with Crippen LogP contribution in [0.25, 0.3) is 76.5 Å². The summed E-state index contributed by atoms with van der Waals surface area (Å²) < 4.78 is 8.74. The number of nitrogens with zero attached hydrogens (tertiary/aromatic N) is 2. The van der Waals surface area contributed by atoms with E-state index in [1.54, 1.807) is 0 Å². The lowest BCUT2D eigenvalue weighted by Gasteiger charge is -2.15. The van der Waals surface area contributed by atoms with Crippen LogP contribution in [0.3, 0.4) is 0 Å². The third-order valence-corrected chi connectivity index (χ3v) is 9.79. The molecule has 9 rings (SSSR count). The van der Waals surface area contributed by atoms with Crippen LogP contribution in [-0.4, -0.2) is 4.57 Å². The molecule has 6 aromatic carbocycles. The van der Waals surface area contributed by atoms with Gasteiger partial charge in [0, 0.05) is 38.9 Å². The highest BCUT2D eigenvalue weighted by atomic mass is 32.2. The molecule has 0 saturated carbocycles. The van der Waals surface area contributed by atoms with E-state index in [2.05, 4.69) is 106 Å². The zero-order chi connectivity index (χ0) is 28.5. The third-order valence-electron chi connectivity index (χ3n) is 8.76. The number of furan rings is 1. The van der Waals surface area contributed by atoms with E-state index in [0.29, 0.717) is 5.69 Å². The number of thioether (sulfide) groups is 1. The standard InChI is InChI=1S/C39H24N2OS/c1-40-27-15-18-37-35(21-27)31-7-2-4-11-36(31)41(37)28-16-17-29-26(19-28)23-43-22-25-14-13-24(20-34(25)29)30-9-6-10-33-32-8-3-5-12-38(32)42-39(30)33/h2-21H,22-23H2. The fourth-order valence-corrected chi connectivity index (χ4v) is 7.81. The minimum absolute atomic E-state index is 0.666. The van der Waals surface area contributed by atoms with E-state index >= 15 is 0 Å². The summed E-state index contributed by atoms with van der Waals surface area (Å²) >= 11 is 1.97. The first kappa shape index (κ1) is 24.4. The molecule has 0 amide bonds. The maximum absolute atomic E-state index is 7.53. The second-order valence-corrected chi connectivity index (χ2v) is 12.1. The van der Waals surface area contributed by atoms with Gasteiger partial charge in [0.05, 0.1) is 17.6 Å². The molecular weight excluding hydrogens is 545 g/mol. The molecule has 202 valence electrons. The first-order valence-corrected chi connectivity index (χ1v) is 15.6. The van der Waals surface area contributed by atoms with Crippen molar-refractivity contribution in [3.8, 4) is 27.9 Å². The monoisotopic (exact) mass is 568 g/mol. The highest BCUT2D eigenvalue weighted by molar-refractivity contribution is 7.97. The molecule has 3 heterocycles. The fourth-order valence-electron chi connectivity index (χ4n) is 6.78. The van der Waals surface area contributed by atoms with Crippen LogP contribution in [0.15, 0.2) is 126 Å². The molecule has 1 aliphatic heterocycles. The van der Waals surface area contributed by atoms with Crippen LogP contribution in [0, 0.1) is 6.57 Å². The van der Waals surface area contributed by atoms with E-state index in [4.69, 9.17) is 11.0 Å². The highest BCUT2D eigenvalue weighted by Crippen LogP contribution is 2.42. The lowest BCUT2D eigenvalue weighted by molar-refractivity contribution is 0.670. The van der Waals surface area contributed by atoms with Gasteiger partial charge in [-0.1, -0.05) is 78.9 Å². The normalized spacial score (nSPS) is 12.8. The maximum Gasteiger partial charge on any atom is 0.188 e. The molecule has 0 spiro atoms. The smallest absolute Gasteiger partial charge is 0.188 e. The lowest BCUT2D eigenvalue weighted by atomic mass is 9.92. The molecule has 0 fully saturated rings. The van der Waals surface area contributed by atoms with Crippen LogP contribution < -0.4 is 0 Å². The molecular formula is C39H24N2OS. The SMILES string of the molecule is [C-]#[N+]c1ccc2c(c1)c1ccccc1n2-c1ccc2c(c1)CSCc1ccc(-c3cccc4c3oc3ccccc34)cc1-2. The van der Waals surface area contributed by atoms with Crippen molar-refractivity contribution in [1.82, 2.24) is 4.57 Å². The third kappa shape index (κ3) is 3.69. The van der Waals surface area contributed by atoms with Crippen LogP contribution in [0.4, 0.5) is 5.69 Å². The van der Waals surface area contributed by atoms with Crippen LogP contribution in [0.5, 0.6) is 0 Å². The Kier molecular flexibility index (Phi) is 5.32. The zero-order valence-electron chi connectivity index (χ0n) is 23.2. The van der Waals surface area contributed by atoms with Gasteiger partial charge in [-0.25, -0.2) is 4.85 Å². The molecule has 0 bridgehead atoms. The van der Waals surface area contributed by atoms with E-state index in [9.17, 15) is 0 Å². The van der Waals surface area contributed by atoms with E-state index in [1.165, 1.54) is 33.2 Å². The van der Waals surface area contributed by atoms with Gasteiger partial charge < -0.3 is 8.98 Å². The predicted molar refractivity (Wildman–Crippen MR) is 180 cm³/mol. The van der Waals surface area contributed by atoms with Crippen LogP contribution >= 0.6 is 11.8 Å². The van der Waals surface area contributed by atoms with Gasteiger partial charge in [0.25, 0.3) is 0 Å². The minimum atomic E-state index is 0.666. The van der Waals surface area contributed by atoms with Gasteiger partial charge in [-0.05, 0) is 75.7 Å². The summed E-state index contributed by atoms with van der Waals surface area (Å²) in [7, 11) is 0. The second kappa shape index (κ2) is 9.39. The number of fused-ring (bicyclic) bond motifs is 9. The van der Waals surface area contributed by atoms with E-state index in [1.807, 2.05) is 36.0 Å². The number of hydrogen-bond donors (Lipinski definition) is 0. The van der Waals surface area contributed by atoms with Crippen molar-refractivity contribution >= 4 is 61.2 Å². The Bertz CT molecular complexity index is 2460. The Morgan fingerprint density at radius 2 is 1.42 bits per heavy atom.